The van der Waals surface area contributed by atoms with E-state index in [0.29, 0.717) is 18.5 Å². The van der Waals surface area contributed by atoms with Crippen LogP contribution < -0.4 is 16.0 Å². The van der Waals surface area contributed by atoms with Crippen LogP contribution in [-0.4, -0.2) is 41.9 Å². The number of hydrogen-bond acceptors (Lipinski definition) is 4. The fourth-order valence-corrected chi connectivity index (χ4v) is 4.16. The fraction of sp³-hybridized carbons (Fsp3) is 0.259. The first kappa shape index (κ1) is 25.3. The molecule has 36 heavy (non-hydrogen) atoms. The van der Waals surface area contributed by atoms with Crippen LogP contribution in [0.4, 0.5) is 25.0 Å². The van der Waals surface area contributed by atoms with E-state index in [0.717, 1.165) is 29.3 Å². The quantitative estimate of drug-likeness (QED) is 0.382. The molecule has 0 spiro atoms. The molecule has 0 saturated carbocycles. The molecule has 9 heteroatoms. The number of hydrogen-bond donors (Lipinski definition) is 4. The maximum atomic E-state index is 13.8. The van der Waals surface area contributed by atoms with Crippen molar-refractivity contribution in [3.05, 3.63) is 84.4 Å². The molecular formula is C27H27F2N3O4. The molecule has 3 amide bonds. The molecule has 3 aromatic carbocycles. The summed E-state index contributed by atoms with van der Waals surface area (Å²) >= 11 is 0. The highest BCUT2D eigenvalue weighted by molar-refractivity contribution is 5.91. The molecule has 3 atom stereocenters. The van der Waals surface area contributed by atoms with Gasteiger partial charge in [0.25, 0.3) is 0 Å². The third-order valence-corrected chi connectivity index (χ3v) is 5.98. The van der Waals surface area contributed by atoms with E-state index in [1.807, 2.05) is 54.6 Å². The zero-order chi connectivity index (χ0) is 25.5. The van der Waals surface area contributed by atoms with E-state index in [4.69, 9.17) is 4.74 Å². The van der Waals surface area contributed by atoms with Gasteiger partial charge in [-0.15, -0.1) is 0 Å². The molecule has 1 aliphatic rings. The van der Waals surface area contributed by atoms with Gasteiger partial charge in [0, 0.05) is 11.8 Å². The second-order valence-electron chi connectivity index (χ2n) is 8.58. The van der Waals surface area contributed by atoms with Gasteiger partial charge in [0.05, 0.1) is 30.9 Å². The number of rotatable bonds is 7. The molecule has 0 aliphatic carbocycles. The van der Waals surface area contributed by atoms with Crippen LogP contribution >= 0.6 is 0 Å². The second-order valence-corrected chi connectivity index (χ2v) is 8.58. The lowest BCUT2D eigenvalue weighted by molar-refractivity contribution is -0.126. The van der Waals surface area contributed by atoms with Crippen molar-refractivity contribution in [2.45, 2.75) is 37.5 Å². The highest BCUT2D eigenvalue weighted by atomic mass is 19.1. The Morgan fingerprint density at radius 1 is 0.917 bits per heavy atom. The van der Waals surface area contributed by atoms with Crippen LogP contribution in [0.3, 0.4) is 0 Å². The lowest BCUT2D eigenvalue weighted by Crippen LogP contribution is -2.52. The Kier molecular flexibility index (Phi) is 8.24. The van der Waals surface area contributed by atoms with E-state index < -0.39 is 35.9 Å². The number of carbonyl (C=O) groups is 2. The minimum absolute atomic E-state index is 0.0877. The van der Waals surface area contributed by atoms with Crippen molar-refractivity contribution in [2.75, 3.05) is 17.2 Å². The Balaban J connectivity index is 1.26. The van der Waals surface area contributed by atoms with Crippen LogP contribution in [0, 0.1) is 11.6 Å². The predicted molar refractivity (Wildman–Crippen MR) is 132 cm³/mol. The minimum Gasteiger partial charge on any atom is -0.394 e. The number of amides is 3. The zero-order valence-electron chi connectivity index (χ0n) is 19.4. The normalized spacial score (nSPS) is 19.4. The Labute approximate surface area is 207 Å². The number of aliphatic hydroxyl groups is 1. The molecule has 0 unspecified atom stereocenters. The number of urea groups is 1. The summed E-state index contributed by atoms with van der Waals surface area (Å²) in [5.41, 5.74) is 2.49. The van der Waals surface area contributed by atoms with Crippen molar-refractivity contribution in [3.63, 3.8) is 0 Å². The second kappa shape index (κ2) is 11.7. The van der Waals surface area contributed by atoms with Gasteiger partial charge >= 0.3 is 6.03 Å². The van der Waals surface area contributed by atoms with Crippen molar-refractivity contribution in [3.8, 4) is 11.1 Å². The molecule has 0 radical (unpaired) electrons. The number of benzene rings is 3. The van der Waals surface area contributed by atoms with Gasteiger partial charge in [0.2, 0.25) is 5.91 Å². The summed E-state index contributed by atoms with van der Waals surface area (Å²) in [6.07, 6.45) is -0.188. The molecule has 1 heterocycles. The van der Waals surface area contributed by atoms with E-state index >= 15 is 0 Å². The predicted octanol–water partition coefficient (Wildman–Crippen LogP) is 4.69. The van der Waals surface area contributed by atoms with Crippen molar-refractivity contribution in [1.82, 2.24) is 5.32 Å². The maximum absolute atomic E-state index is 13.8. The SMILES string of the molecule is O=C(C[C@@H]1CC[C@@H](NC(=O)Nc2cc(F)ccc2F)[C@@H](CO)O1)Nc1ccc(-c2ccccc2)cc1. The van der Waals surface area contributed by atoms with Gasteiger partial charge in [-0.3, -0.25) is 4.79 Å². The summed E-state index contributed by atoms with van der Waals surface area (Å²) in [4.78, 5) is 24.8. The summed E-state index contributed by atoms with van der Waals surface area (Å²) in [7, 11) is 0. The smallest absolute Gasteiger partial charge is 0.319 e. The Morgan fingerprint density at radius 2 is 1.64 bits per heavy atom. The average Bonchev–Trinajstić information content (AvgIpc) is 2.88. The van der Waals surface area contributed by atoms with E-state index in [-0.39, 0.29) is 24.6 Å². The lowest BCUT2D eigenvalue weighted by atomic mass is 9.97. The number of halogens is 2. The third kappa shape index (κ3) is 6.65. The molecule has 0 aromatic heterocycles. The van der Waals surface area contributed by atoms with Crippen molar-refractivity contribution in [2.24, 2.45) is 0 Å². The number of anilines is 2. The van der Waals surface area contributed by atoms with Crippen LogP contribution in [0.25, 0.3) is 11.1 Å². The highest BCUT2D eigenvalue weighted by Crippen LogP contribution is 2.24. The molecular weight excluding hydrogens is 468 g/mol. The third-order valence-electron chi connectivity index (χ3n) is 5.98. The highest BCUT2D eigenvalue weighted by Gasteiger charge is 2.33. The summed E-state index contributed by atoms with van der Waals surface area (Å²) < 4.78 is 32.9. The molecule has 1 fully saturated rings. The number of aliphatic hydroxyl groups excluding tert-OH is 1. The number of nitrogens with one attached hydrogen (secondary N) is 3. The van der Waals surface area contributed by atoms with Crippen molar-refractivity contribution >= 4 is 23.3 Å². The summed E-state index contributed by atoms with van der Waals surface area (Å²) in [5, 5.41) is 17.5. The topological polar surface area (TPSA) is 99.7 Å². The van der Waals surface area contributed by atoms with Gasteiger partial charge in [0.15, 0.2) is 0 Å². The first-order chi connectivity index (χ1) is 17.4. The van der Waals surface area contributed by atoms with Crippen LogP contribution in [0.1, 0.15) is 19.3 Å². The van der Waals surface area contributed by atoms with Gasteiger partial charge in [-0.25, -0.2) is 13.6 Å². The Hall–Kier alpha value is -3.82. The van der Waals surface area contributed by atoms with E-state index in [1.165, 1.54) is 0 Å². The molecule has 0 bridgehead atoms. The van der Waals surface area contributed by atoms with Gasteiger partial charge in [-0.05, 0) is 48.2 Å². The minimum atomic E-state index is -0.772. The van der Waals surface area contributed by atoms with Crippen LogP contribution in [0.15, 0.2) is 72.8 Å². The van der Waals surface area contributed by atoms with Gasteiger partial charge in [-0.1, -0.05) is 42.5 Å². The first-order valence-corrected chi connectivity index (χ1v) is 11.7. The van der Waals surface area contributed by atoms with Crippen molar-refractivity contribution in [1.29, 1.82) is 0 Å². The van der Waals surface area contributed by atoms with E-state index in [1.54, 1.807) is 0 Å². The molecule has 188 valence electrons. The molecule has 4 rings (SSSR count). The molecule has 7 nitrogen and oxygen atoms in total. The fourth-order valence-electron chi connectivity index (χ4n) is 4.16. The average molecular weight is 496 g/mol. The summed E-state index contributed by atoms with van der Waals surface area (Å²) in [6.45, 7) is -0.377. The number of carbonyl (C=O) groups excluding carboxylic acids is 2. The summed E-state index contributed by atoms with van der Waals surface area (Å²) in [6, 6.07) is 18.9. The lowest BCUT2D eigenvalue weighted by Gasteiger charge is -2.35. The first-order valence-electron chi connectivity index (χ1n) is 11.7. The Morgan fingerprint density at radius 3 is 2.36 bits per heavy atom. The molecule has 3 aromatic rings. The van der Waals surface area contributed by atoms with Gasteiger partial charge in [-0.2, -0.15) is 0 Å². The molecule has 4 N–H and O–H groups in total. The van der Waals surface area contributed by atoms with Crippen LogP contribution in [0.2, 0.25) is 0 Å². The largest absolute Gasteiger partial charge is 0.394 e. The molecule has 1 saturated heterocycles. The monoisotopic (exact) mass is 495 g/mol. The Bertz CT molecular complexity index is 1190. The van der Waals surface area contributed by atoms with E-state index in [9.17, 15) is 23.5 Å². The van der Waals surface area contributed by atoms with Gasteiger partial charge < -0.3 is 25.8 Å². The molecule has 1 aliphatic heterocycles. The van der Waals surface area contributed by atoms with E-state index in [2.05, 4.69) is 16.0 Å². The van der Waals surface area contributed by atoms with Gasteiger partial charge in [0.1, 0.15) is 17.7 Å². The van der Waals surface area contributed by atoms with Crippen molar-refractivity contribution < 1.29 is 28.2 Å². The van der Waals surface area contributed by atoms with Crippen LogP contribution in [0.5, 0.6) is 0 Å². The standard InChI is InChI=1S/C27H27F2N3O4/c28-19-8-12-22(29)24(14-19)32-27(35)31-23-13-11-21(36-25(23)16-33)15-26(34)30-20-9-6-18(7-10-20)17-4-2-1-3-5-17/h1-10,12,14,21,23,25,33H,11,13,15-16H2,(H,30,34)(H2,31,32,35)/t21-,23+,25+/m0/s1. The maximum Gasteiger partial charge on any atom is 0.319 e. The summed E-state index contributed by atoms with van der Waals surface area (Å²) in [5.74, 6) is -1.69. The zero-order valence-corrected chi connectivity index (χ0v) is 19.4. The van der Waals surface area contributed by atoms with Crippen LogP contribution in [-0.2, 0) is 9.53 Å². The number of ether oxygens (including phenoxy) is 1.